The van der Waals surface area contributed by atoms with Crippen molar-refractivity contribution in [1.82, 2.24) is 0 Å². The Hall–Kier alpha value is -1.00. The van der Waals surface area contributed by atoms with Crippen LogP contribution in [0.4, 0.5) is 0 Å². The van der Waals surface area contributed by atoms with Gasteiger partial charge in [-0.05, 0) is 73.5 Å². The van der Waals surface area contributed by atoms with Crippen LogP contribution < -0.4 is 0 Å². The molecule has 1 aromatic rings. The average molecular weight is 372 g/mol. The van der Waals surface area contributed by atoms with Crippen molar-refractivity contribution in [2.45, 2.75) is 102 Å². The molecule has 3 saturated carbocycles. The average Bonchev–Trinajstić information content (AvgIpc) is 2.68. The van der Waals surface area contributed by atoms with Crippen LogP contribution in [-0.4, -0.2) is 0 Å². The number of unbranched alkanes of at least 4 members (excludes halogenated alkanes) is 6. The Balaban J connectivity index is 1.50. The lowest BCUT2D eigenvalue weighted by molar-refractivity contribution is 0.0304. The highest BCUT2D eigenvalue weighted by Gasteiger charge is 2.48. The normalized spacial score (nSPS) is 27.4. The van der Waals surface area contributed by atoms with Gasteiger partial charge >= 0.3 is 0 Å². The van der Waals surface area contributed by atoms with Crippen LogP contribution in [0.1, 0.15) is 108 Å². The second-order valence-electron chi connectivity index (χ2n) is 8.96. The van der Waals surface area contributed by atoms with Crippen LogP contribution in [0.5, 0.6) is 0 Å². The maximum Gasteiger partial charge on any atom is 0.101 e. The van der Waals surface area contributed by atoms with Gasteiger partial charge in [-0.3, -0.25) is 0 Å². The predicted molar refractivity (Wildman–Crippen MR) is 111 cm³/mol. The first kappa shape index (κ1) is 19.8. The fraction of sp³-hybridized carbons (Fsp3) is 0.708. The van der Waals surface area contributed by atoms with Gasteiger partial charge in [0.25, 0.3) is 0 Å². The van der Waals surface area contributed by atoms with Crippen molar-refractivity contribution in [3.63, 3.8) is 0 Å². The molecule has 26 heavy (non-hydrogen) atoms. The molecule has 0 heterocycles. The molecule has 0 aromatic heterocycles. The SMILES string of the molecule is CCCCCCCCCC12CCC(c3ccc(C#N)c(Cl)c3)(CC1)CC2. The third kappa shape index (κ3) is 4.28. The molecule has 0 aliphatic heterocycles. The molecule has 2 bridgehead atoms. The van der Waals surface area contributed by atoms with Crippen molar-refractivity contribution in [2.24, 2.45) is 5.41 Å². The largest absolute Gasteiger partial charge is 0.192 e. The predicted octanol–water partition coefficient (Wildman–Crippen LogP) is 7.94. The van der Waals surface area contributed by atoms with Gasteiger partial charge in [-0.15, -0.1) is 0 Å². The molecule has 0 atom stereocenters. The summed E-state index contributed by atoms with van der Waals surface area (Å²) in [5.74, 6) is 0. The smallest absolute Gasteiger partial charge is 0.101 e. The van der Waals surface area contributed by atoms with Crippen LogP contribution in [0.25, 0.3) is 0 Å². The number of benzene rings is 1. The Kier molecular flexibility index (Phi) is 6.68. The molecule has 0 unspecified atom stereocenters. The third-order valence-electron chi connectivity index (χ3n) is 7.41. The minimum atomic E-state index is 0.333. The topological polar surface area (TPSA) is 23.8 Å². The molecule has 1 aromatic carbocycles. The molecule has 0 spiro atoms. The summed E-state index contributed by atoms with van der Waals surface area (Å²) < 4.78 is 0. The highest BCUT2D eigenvalue weighted by atomic mass is 35.5. The van der Waals surface area contributed by atoms with Crippen molar-refractivity contribution >= 4 is 11.6 Å². The van der Waals surface area contributed by atoms with Crippen LogP contribution in [0.15, 0.2) is 18.2 Å². The molecule has 142 valence electrons. The zero-order chi connectivity index (χ0) is 18.5. The van der Waals surface area contributed by atoms with Crippen LogP contribution in [0.3, 0.4) is 0 Å². The summed E-state index contributed by atoms with van der Waals surface area (Å²) in [5.41, 5.74) is 2.96. The maximum absolute atomic E-state index is 9.11. The highest BCUT2D eigenvalue weighted by molar-refractivity contribution is 6.31. The Bertz CT molecular complexity index is 618. The maximum atomic E-state index is 9.11. The highest BCUT2D eigenvalue weighted by Crippen LogP contribution is 2.59. The number of nitrogens with zero attached hydrogens (tertiary/aromatic N) is 1. The van der Waals surface area contributed by atoms with Gasteiger partial charge in [0, 0.05) is 0 Å². The Labute approximate surface area is 165 Å². The van der Waals surface area contributed by atoms with E-state index in [1.54, 1.807) is 0 Å². The van der Waals surface area contributed by atoms with Gasteiger partial charge in [-0.25, -0.2) is 0 Å². The summed E-state index contributed by atoms with van der Waals surface area (Å²) >= 11 is 6.32. The second kappa shape index (κ2) is 8.79. The van der Waals surface area contributed by atoms with Gasteiger partial charge in [0.05, 0.1) is 10.6 Å². The van der Waals surface area contributed by atoms with Crippen LogP contribution in [0, 0.1) is 16.7 Å². The summed E-state index contributed by atoms with van der Waals surface area (Å²) in [6, 6.07) is 8.35. The van der Waals surface area contributed by atoms with E-state index in [0.29, 0.717) is 21.4 Å². The van der Waals surface area contributed by atoms with Gasteiger partial charge in [0.15, 0.2) is 0 Å². The van der Waals surface area contributed by atoms with Crippen LogP contribution in [-0.2, 0) is 5.41 Å². The fourth-order valence-corrected chi connectivity index (χ4v) is 5.69. The Morgan fingerprint density at radius 3 is 2.12 bits per heavy atom. The zero-order valence-electron chi connectivity index (χ0n) is 16.5. The summed E-state index contributed by atoms with van der Waals surface area (Å²) in [6.07, 6.45) is 19.5. The van der Waals surface area contributed by atoms with E-state index in [9.17, 15) is 0 Å². The Morgan fingerprint density at radius 1 is 0.923 bits per heavy atom. The molecule has 0 radical (unpaired) electrons. The Morgan fingerprint density at radius 2 is 1.54 bits per heavy atom. The molecule has 0 N–H and O–H groups in total. The van der Waals surface area contributed by atoms with Gasteiger partial charge in [0.2, 0.25) is 0 Å². The summed E-state index contributed by atoms with van der Waals surface area (Å²) in [7, 11) is 0. The van der Waals surface area contributed by atoms with Crippen LogP contribution >= 0.6 is 11.6 Å². The summed E-state index contributed by atoms with van der Waals surface area (Å²) in [5, 5.41) is 9.74. The lowest BCUT2D eigenvalue weighted by Crippen LogP contribution is -2.44. The molecule has 3 aliphatic rings. The van der Waals surface area contributed by atoms with Gasteiger partial charge < -0.3 is 0 Å². The van der Waals surface area contributed by atoms with Gasteiger partial charge in [-0.1, -0.05) is 69.5 Å². The molecule has 0 saturated heterocycles. The first-order chi connectivity index (χ1) is 12.6. The van der Waals surface area contributed by atoms with Crippen molar-refractivity contribution in [1.29, 1.82) is 5.26 Å². The number of halogens is 1. The van der Waals surface area contributed by atoms with Crippen molar-refractivity contribution in [3.05, 3.63) is 34.3 Å². The fourth-order valence-electron chi connectivity index (χ4n) is 5.46. The molecular weight excluding hydrogens is 338 g/mol. The second-order valence-corrected chi connectivity index (χ2v) is 9.37. The van der Waals surface area contributed by atoms with Crippen molar-refractivity contribution in [3.8, 4) is 6.07 Å². The molecule has 0 amide bonds. The van der Waals surface area contributed by atoms with Crippen molar-refractivity contribution in [2.75, 3.05) is 0 Å². The molecule has 1 nitrogen and oxygen atoms in total. The molecule has 2 heteroatoms. The van der Waals surface area contributed by atoms with E-state index in [1.807, 2.05) is 6.07 Å². The van der Waals surface area contributed by atoms with Gasteiger partial charge in [0.1, 0.15) is 6.07 Å². The number of hydrogen-bond donors (Lipinski definition) is 0. The van der Waals surface area contributed by atoms with E-state index in [-0.39, 0.29) is 0 Å². The van der Waals surface area contributed by atoms with Crippen LogP contribution in [0.2, 0.25) is 5.02 Å². The van der Waals surface area contributed by atoms with E-state index in [1.165, 1.54) is 95.5 Å². The van der Waals surface area contributed by atoms with E-state index >= 15 is 0 Å². The number of nitriles is 1. The first-order valence-electron chi connectivity index (χ1n) is 10.8. The van der Waals surface area contributed by atoms with Crippen molar-refractivity contribution < 1.29 is 0 Å². The van der Waals surface area contributed by atoms with E-state index in [0.717, 1.165) is 0 Å². The monoisotopic (exact) mass is 371 g/mol. The summed E-state index contributed by atoms with van der Waals surface area (Å²) in [4.78, 5) is 0. The number of fused-ring (bicyclic) bond motifs is 3. The number of hydrogen-bond acceptors (Lipinski definition) is 1. The first-order valence-corrected chi connectivity index (χ1v) is 11.2. The third-order valence-corrected chi connectivity index (χ3v) is 7.73. The van der Waals surface area contributed by atoms with E-state index in [4.69, 9.17) is 16.9 Å². The molecule has 3 aliphatic carbocycles. The summed E-state index contributed by atoms with van der Waals surface area (Å²) in [6.45, 7) is 2.29. The van der Waals surface area contributed by atoms with Gasteiger partial charge in [-0.2, -0.15) is 5.26 Å². The quantitative estimate of drug-likeness (QED) is 0.404. The molecule has 4 rings (SSSR count). The standard InChI is InChI=1S/C24H34ClN/c1-2-3-4-5-6-7-8-11-23-12-15-24(16-13-23,17-14-23)21-10-9-20(19-26)22(25)18-21/h9-10,18H,2-8,11-17H2,1H3. The minimum Gasteiger partial charge on any atom is -0.192 e. The van der Waals surface area contributed by atoms with E-state index in [2.05, 4.69) is 25.1 Å². The molecule has 3 fully saturated rings. The minimum absolute atomic E-state index is 0.333. The zero-order valence-corrected chi connectivity index (χ0v) is 17.2. The molecular formula is C24H34ClN. The lowest BCUT2D eigenvalue weighted by atomic mass is 9.51. The number of rotatable bonds is 9. The van der Waals surface area contributed by atoms with E-state index < -0.39 is 0 Å². The lowest BCUT2D eigenvalue weighted by Gasteiger charge is -2.54.